The van der Waals surface area contributed by atoms with Gasteiger partial charge in [0.2, 0.25) is 0 Å². The lowest BCUT2D eigenvalue weighted by Gasteiger charge is -2.14. The summed E-state index contributed by atoms with van der Waals surface area (Å²) in [6.07, 6.45) is 0. The Kier molecular flexibility index (Phi) is 8.75. The van der Waals surface area contributed by atoms with Gasteiger partial charge in [-0.2, -0.15) is 0 Å². The molecule has 294 valence electrons. The Labute approximate surface area is 364 Å². The van der Waals surface area contributed by atoms with Gasteiger partial charge in [-0.05, 0) is 63.4 Å². The lowest BCUT2D eigenvalue weighted by Crippen LogP contribution is -2.02. The molecule has 0 saturated carbocycles. The van der Waals surface area contributed by atoms with E-state index in [0.29, 0.717) is 17.5 Å². The Morgan fingerprint density at radius 2 is 0.794 bits per heavy atom. The number of fused-ring (bicyclic) bond motifs is 6. The zero-order chi connectivity index (χ0) is 41.7. The minimum absolute atomic E-state index is 0.594. The average molecular weight is 804 g/mol. The SMILES string of the molecule is c1ccc(-c2ccccc2-c2nc(-c3ccc(-c4nc5cc6ccccc6cc5c5c4c4ccccc4n5-c4ccccc4)cc3)nc(-c3ccccc3-c3ccccc3)n2)cc1. The zero-order valence-electron chi connectivity index (χ0n) is 34.1. The van der Waals surface area contributed by atoms with Crippen LogP contribution in [0.1, 0.15) is 0 Å². The van der Waals surface area contributed by atoms with E-state index in [1.54, 1.807) is 0 Å². The molecule has 0 aliphatic rings. The van der Waals surface area contributed by atoms with Crippen LogP contribution in [0.4, 0.5) is 0 Å². The van der Waals surface area contributed by atoms with Crippen LogP contribution in [0.3, 0.4) is 0 Å². The molecule has 5 heteroatoms. The van der Waals surface area contributed by atoms with Crippen LogP contribution < -0.4 is 0 Å². The molecule has 0 saturated heterocycles. The van der Waals surface area contributed by atoms with Crippen molar-refractivity contribution in [1.82, 2.24) is 24.5 Å². The molecule has 5 nitrogen and oxygen atoms in total. The van der Waals surface area contributed by atoms with Crippen molar-refractivity contribution in [1.29, 1.82) is 0 Å². The summed E-state index contributed by atoms with van der Waals surface area (Å²) in [6, 6.07) is 78.5. The second-order valence-electron chi connectivity index (χ2n) is 15.8. The molecule has 0 fully saturated rings. The van der Waals surface area contributed by atoms with Crippen LogP contribution >= 0.6 is 0 Å². The first-order chi connectivity index (χ1) is 31.2. The van der Waals surface area contributed by atoms with Crippen molar-refractivity contribution in [3.63, 3.8) is 0 Å². The molecule has 0 aliphatic carbocycles. The maximum atomic E-state index is 5.51. The summed E-state index contributed by atoms with van der Waals surface area (Å²) in [7, 11) is 0. The third kappa shape index (κ3) is 6.34. The number of benzene rings is 9. The molecule has 0 aliphatic heterocycles. The topological polar surface area (TPSA) is 56.5 Å². The molecule has 0 radical (unpaired) electrons. The highest BCUT2D eigenvalue weighted by Crippen LogP contribution is 2.43. The van der Waals surface area contributed by atoms with Crippen molar-refractivity contribution in [3.8, 4) is 73.4 Å². The van der Waals surface area contributed by atoms with Gasteiger partial charge in [0.1, 0.15) is 0 Å². The predicted molar refractivity (Wildman–Crippen MR) is 260 cm³/mol. The Bertz CT molecular complexity index is 3550. The van der Waals surface area contributed by atoms with E-state index in [2.05, 4.69) is 205 Å². The Hall–Kier alpha value is -8.54. The van der Waals surface area contributed by atoms with Gasteiger partial charge in [-0.25, -0.2) is 19.9 Å². The zero-order valence-corrected chi connectivity index (χ0v) is 34.1. The van der Waals surface area contributed by atoms with Crippen molar-refractivity contribution < 1.29 is 0 Å². The molecule has 0 atom stereocenters. The fourth-order valence-corrected chi connectivity index (χ4v) is 9.09. The summed E-state index contributed by atoms with van der Waals surface area (Å²) in [4.78, 5) is 21.3. The van der Waals surface area contributed by atoms with Crippen molar-refractivity contribution in [3.05, 3.63) is 224 Å². The van der Waals surface area contributed by atoms with E-state index in [1.807, 2.05) is 24.3 Å². The second-order valence-corrected chi connectivity index (χ2v) is 15.8. The van der Waals surface area contributed by atoms with Crippen molar-refractivity contribution in [2.24, 2.45) is 0 Å². The molecular weight excluding hydrogens is 767 g/mol. The number of hydrogen-bond donors (Lipinski definition) is 0. The Morgan fingerprint density at radius 3 is 1.41 bits per heavy atom. The van der Waals surface area contributed by atoms with E-state index in [0.717, 1.165) is 94.0 Å². The fraction of sp³-hybridized carbons (Fsp3) is 0. The van der Waals surface area contributed by atoms with Gasteiger partial charge < -0.3 is 4.57 Å². The molecule has 3 heterocycles. The summed E-state index contributed by atoms with van der Waals surface area (Å²) >= 11 is 0. The van der Waals surface area contributed by atoms with Crippen LogP contribution in [-0.2, 0) is 0 Å². The van der Waals surface area contributed by atoms with Crippen LogP contribution in [0, 0.1) is 0 Å². The van der Waals surface area contributed by atoms with Gasteiger partial charge in [-0.15, -0.1) is 0 Å². The van der Waals surface area contributed by atoms with Gasteiger partial charge in [-0.3, -0.25) is 0 Å². The van der Waals surface area contributed by atoms with E-state index in [1.165, 1.54) is 5.39 Å². The van der Waals surface area contributed by atoms with Gasteiger partial charge in [-0.1, -0.05) is 194 Å². The molecule has 3 aromatic heterocycles. The summed E-state index contributed by atoms with van der Waals surface area (Å²) in [5, 5.41) is 5.72. The largest absolute Gasteiger partial charge is 0.308 e. The Balaban J connectivity index is 1.07. The Morgan fingerprint density at radius 1 is 0.317 bits per heavy atom. The first kappa shape index (κ1) is 36.3. The quantitative estimate of drug-likeness (QED) is 0.151. The van der Waals surface area contributed by atoms with Crippen molar-refractivity contribution >= 4 is 43.5 Å². The van der Waals surface area contributed by atoms with E-state index >= 15 is 0 Å². The van der Waals surface area contributed by atoms with E-state index in [4.69, 9.17) is 19.9 Å². The van der Waals surface area contributed by atoms with Crippen LogP contribution in [0.15, 0.2) is 224 Å². The molecule has 12 rings (SSSR count). The smallest absolute Gasteiger partial charge is 0.164 e. The summed E-state index contributed by atoms with van der Waals surface area (Å²) in [6.45, 7) is 0. The third-order valence-corrected chi connectivity index (χ3v) is 12.0. The number of pyridine rings is 1. The maximum Gasteiger partial charge on any atom is 0.164 e. The highest BCUT2D eigenvalue weighted by Gasteiger charge is 2.22. The maximum absolute atomic E-state index is 5.51. The van der Waals surface area contributed by atoms with Gasteiger partial charge in [0.15, 0.2) is 17.5 Å². The summed E-state index contributed by atoms with van der Waals surface area (Å²) < 4.78 is 2.40. The molecule has 12 aromatic rings. The third-order valence-electron chi connectivity index (χ3n) is 12.0. The molecule has 63 heavy (non-hydrogen) atoms. The van der Waals surface area contributed by atoms with Crippen molar-refractivity contribution in [2.45, 2.75) is 0 Å². The molecule has 0 unspecified atom stereocenters. The molecule has 9 aromatic carbocycles. The van der Waals surface area contributed by atoms with E-state index in [-0.39, 0.29) is 0 Å². The minimum Gasteiger partial charge on any atom is -0.308 e. The lowest BCUT2D eigenvalue weighted by atomic mass is 9.98. The molecule has 0 amide bonds. The predicted octanol–water partition coefficient (Wildman–Crippen LogP) is 14.7. The van der Waals surface area contributed by atoms with Crippen LogP contribution in [-0.4, -0.2) is 24.5 Å². The number of rotatable bonds is 7. The first-order valence-electron chi connectivity index (χ1n) is 21.2. The van der Waals surface area contributed by atoms with Crippen LogP contribution in [0.2, 0.25) is 0 Å². The normalized spacial score (nSPS) is 11.5. The molecular formula is C58H37N5. The molecule has 0 N–H and O–H groups in total. The van der Waals surface area contributed by atoms with Gasteiger partial charge in [0.05, 0.1) is 22.2 Å². The van der Waals surface area contributed by atoms with Gasteiger partial charge in [0, 0.05) is 44.1 Å². The number of para-hydroxylation sites is 2. The minimum atomic E-state index is 0.594. The average Bonchev–Trinajstić information content (AvgIpc) is 3.72. The van der Waals surface area contributed by atoms with Gasteiger partial charge >= 0.3 is 0 Å². The van der Waals surface area contributed by atoms with Crippen LogP contribution in [0.5, 0.6) is 0 Å². The highest BCUT2D eigenvalue weighted by molar-refractivity contribution is 6.23. The number of aromatic nitrogens is 5. The second kappa shape index (κ2) is 15.2. The van der Waals surface area contributed by atoms with Crippen molar-refractivity contribution in [2.75, 3.05) is 0 Å². The fourth-order valence-electron chi connectivity index (χ4n) is 9.09. The van der Waals surface area contributed by atoms with E-state index in [9.17, 15) is 0 Å². The van der Waals surface area contributed by atoms with E-state index < -0.39 is 0 Å². The number of hydrogen-bond acceptors (Lipinski definition) is 4. The molecule has 0 spiro atoms. The standard InChI is InChI=1S/C58H37N5/c1-4-18-38(19-5-1)45-26-12-14-28-47(45)57-60-56(61-58(62-57)48-29-15-13-27-46(48)39-20-6-2-7-21-39)41-34-32-40(33-35-41)54-53-49-30-16-17-31-52(49)63(44-24-8-3-9-25-44)55(53)50-36-42-22-10-11-23-43(42)37-51(50)59-54/h1-37H. The highest BCUT2D eigenvalue weighted by atomic mass is 15.0. The van der Waals surface area contributed by atoms with Gasteiger partial charge in [0.25, 0.3) is 0 Å². The first-order valence-corrected chi connectivity index (χ1v) is 21.2. The molecule has 0 bridgehead atoms. The summed E-state index contributed by atoms with van der Waals surface area (Å²) in [5.74, 6) is 1.82. The number of nitrogens with zero attached hydrogens (tertiary/aromatic N) is 5. The lowest BCUT2D eigenvalue weighted by molar-refractivity contribution is 1.07. The summed E-state index contributed by atoms with van der Waals surface area (Å²) in [5.41, 5.74) is 13.3. The van der Waals surface area contributed by atoms with Crippen LogP contribution in [0.25, 0.3) is 117 Å². The monoisotopic (exact) mass is 803 g/mol.